The molecule has 1 aliphatic heterocycles. The third kappa shape index (κ3) is 2.15. The van der Waals surface area contributed by atoms with Crippen molar-refractivity contribution in [3.05, 3.63) is 35.4 Å². The summed E-state index contributed by atoms with van der Waals surface area (Å²) in [6, 6.07) is 9.63. The van der Waals surface area contributed by atoms with Gasteiger partial charge in [0.25, 0.3) is 0 Å². The van der Waals surface area contributed by atoms with Gasteiger partial charge in [-0.3, -0.25) is 4.79 Å². The van der Waals surface area contributed by atoms with Gasteiger partial charge < -0.3 is 10.2 Å². The Kier molecular flexibility index (Phi) is 3.08. The predicted octanol–water partition coefficient (Wildman–Crippen LogP) is 1.88. The monoisotopic (exact) mass is 244 g/mol. The zero-order chi connectivity index (χ0) is 12.5. The Bertz CT molecular complexity index is 458. The highest BCUT2D eigenvalue weighted by atomic mass is 16.2. The van der Waals surface area contributed by atoms with Gasteiger partial charge in [0.15, 0.2) is 0 Å². The lowest BCUT2D eigenvalue weighted by Crippen LogP contribution is -2.47. The summed E-state index contributed by atoms with van der Waals surface area (Å²) in [6.45, 7) is 0.845. The minimum atomic E-state index is 0.278. The average Bonchev–Trinajstić information content (AvgIpc) is 2.78. The third-order valence-corrected chi connectivity index (χ3v) is 4.20. The molecule has 1 aliphatic carbocycles. The molecule has 3 rings (SSSR count). The number of amides is 1. The van der Waals surface area contributed by atoms with E-state index in [2.05, 4.69) is 29.6 Å². The van der Waals surface area contributed by atoms with Crippen molar-refractivity contribution in [1.29, 1.82) is 0 Å². The van der Waals surface area contributed by atoms with Gasteiger partial charge in [-0.2, -0.15) is 0 Å². The summed E-state index contributed by atoms with van der Waals surface area (Å²) in [7, 11) is 1.90. The molecule has 2 aliphatic rings. The highest BCUT2D eigenvalue weighted by Crippen LogP contribution is 2.31. The Morgan fingerprint density at radius 3 is 2.89 bits per heavy atom. The Balaban J connectivity index is 1.66. The fourth-order valence-electron chi connectivity index (χ4n) is 3.16. The summed E-state index contributed by atoms with van der Waals surface area (Å²) in [4.78, 5) is 13.3. The first-order valence-electron chi connectivity index (χ1n) is 6.82. The summed E-state index contributed by atoms with van der Waals surface area (Å²) >= 11 is 0. The molecule has 3 nitrogen and oxygen atoms in total. The van der Waals surface area contributed by atoms with Crippen molar-refractivity contribution in [2.24, 2.45) is 0 Å². The molecule has 1 amide bonds. The van der Waals surface area contributed by atoms with Crippen molar-refractivity contribution in [2.75, 3.05) is 13.6 Å². The number of hydrogen-bond donors (Lipinski definition) is 1. The molecular formula is C15H20N2O. The molecule has 1 N–H and O–H groups in total. The lowest BCUT2D eigenvalue weighted by Gasteiger charge is -2.32. The van der Waals surface area contributed by atoms with Crippen LogP contribution in [0, 0.1) is 0 Å². The van der Waals surface area contributed by atoms with Gasteiger partial charge in [-0.1, -0.05) is 24.3 Å². The maximum Gasteiger partial charge on any atom is 0.222 e. The van der Waals surface area contributed by atoms with Crippen LogP contribution in [0.4, 0.5) is 0 Å². The normalized spacial score (nSPS) is 27.4. The van der Waals surface area contributed by atoms with E-state index in [4.69, 9.17) is 0 Å². The topological polar surface area (TPSA) is 32.3 Å². The van der Waals surface area contributed by atoms with Gasteiger partial charge in [0.1, 0.15) is 0 Å². The number of carbonyl (C=O) groups is 1. The Morgan fingerprint density at radius 1 is 1.22 bits per heavy atom. The van der Waals surface area contributed by atoms with Gasteiger partial charge in [-0.25, -0.2) is 0 Å². The number of fused-ring (bicyclic) bond motifs is 1. The molecule has 0 aromatic heterocycles. The third-order valence-electron chi connectivity index (χ3n) is 4.20. The maximum absolute atomic E-state index is 11.5. The molecule has 1 aromatic carbocycles. The van der Waals surface area contributed by atoms with Crippen LogP contribution >= 0.6 is 0 Å². The number of piperidine rings is 1. The number of rotatable bonds is 2. The summed E-state index contributed by atoms with van der Waals surface area (Å²) < 4.78 is 0. The van der Waals surface area contributed by atoms with Crippen LogP contribution in [0.5, 0.6) is 0 Å². The van der Waals surface area contributed by atoms with Crippen LogP contribution in [0.2, 0.25) is 0 Å². The Hall–Kier alpha value is -1.35. The highest BCUT2D eigenvalue weighted by Gasteiger charge is 2.28. The molecule has 0 bridgehead atoms. The van der Waals surface area contributed by atoms with Gasteiger partial charge >= 0.3 is 0 Å². The standard InChI is InChI=1S/C15H20N2O/c1-17-10-12(7-9-15(17)18)16-14-8-6-11-4-2-3-5-13(11)14/h2-5,12,14,16H,6-10H2,1H3. The summed E-state index contributed by atoms with van der Waals surface area (Å²) in [5, 5.41) is 3.73. The summed E-state index contributed by atoms with van der Waals surface area (Å²) in [5.41, 5.74) is 2.94. The van der Waals surface area contributed by atoms with Crippen LogP contribution in [0.1, 0.15) is 36.4 Å². The molecule has 2 atom stereocenters. The van der Waals surface area contributed by atoms with Gasteiger partial charge in [-0.15, -0.1) is 0 Å². The van der Waals surface area contributed by atoms with E-state index in [1.165, 1.54) is 24.0 Å². The van der Waals surface area contributed by atoms with Crippen molar-refractivity contribution >= 4 is 5.91 Å². The van der Waals surface area contributed by atoms with Crippen LogP contribution in [-0.2, 0) is 11.2 Å². The fraction of sp³-hybridized carbons (Fsp3) is 0.533. The Morgan fingerprint density at radius 2 is 2.06 bits per heavy atom. The lowest BCUT2D eigenvalue weighted by atomic mass is 10.0. The predicted molar refractivity (Wildman–Crippen MR) is 71.3 cm³/mol. The van der Waals surface area contributed by atoms with E-state index in [0.717, 1.165) is 13.0 Å². The van der Waals surface area contributed by atoms with Gasteiger partial charge in [-0.05, 0) is 30.4 Å². The average molecular weight is 244 g/mol. The fourth-order valence-corrected chi connectivity index (χ4v) is 3.16. The molecule has 1 saturated heterocycles. The molecule has 0 spiro atoms. The number of likely N-dealkylation sites (tertiary alicyclic amines) is 1. The van der Waals surface area contributed by atoms with Crippen molar-refractivity contribution in [1.82, 2.24) is 10.2 Å². The molecule has 1 heterocycles. The van der Waals surface area contributed by atoms with Gasteiger partial charge in [0.05, 0.1) is 0 Å². The molecule has 3 heteroatoms. The number of nitrogens with zero attached hydrogens (tertiary/aromatic N) is 1. The zero-order valence-electron chi connectivity index (χ0n) is 10.9. The van der Waals surface area contributed by atoms with Crippen LogP contribution in [0.25, 0.3) is 0 Å². The minimum absolute atomic E-state index is 0.278. The number of nitrogens with one attached hydrogen (secondary N) is 1. The van der Waals surface area contributed by atoms with E-state index >= 15 is 0 Å². The second-order valence-electron chi connectivity index (χ2n) is 5.47. The van der Waals surface area contributed by atoms with E-state index < -0.39 is 0 Å². The smallest absolute Gasteiger partial charge is 0.222 e. The summed E-state index contributed by atoms with van der Waals surface area (Å²) in [5.74, 6) is 0.278. The summed E-state index contributed by atoms with van der Waals surface area (Å²) in [6.07, 6.45) is 4.02. The number of carbonyl (C=O) groups excluding carboxylic acids is 1. The maximum atomic E-state index is 11.5. The Labute approximate surface area is 108 Å². The minimum Gasteiger partial charge on any atom is -0.344 e. The van der Waals surface area contributed by atoms with E-state index in [1.807, 2.05) is 11.9 Å². The first kappa shape index (κ1) is 11.7. The molecule has 96 valence electrons. The number of hydrogen-bond acceptors (Lipinski definition) is 2. The quantitative estimate of drug-likeness (QED) is 0.861. The van der Waals surface area contributed by atoms with Crippen molar-refractivity contribution in [2.45, 2.75) is 37.8 Å². The van der Waals surface area contributed by atoms with Crippen molar-refractivity contribution in [3.63, 3.8) is 0 Å². The molecule has 1 aromatic rings. The second kappa shape index (κ2) is 4.73. The first-order chi connectivity index (χ1) is 8.74. The first-order valence-corrected chi connectivity index (χ1v) is 6.82. The lowest BCUT2D eigenvalue weighted by molar-refractivity contribution is -0.132. The van der Waals surface area contributed by atoms with Crippen molar-refractivity contribution in [3.8, 4) is 0 Å². The SMILES string of the molecule is CN1CC(NC2CCc3ccccc32)CCC1=O. The van der Waals surface area contributed by atoms with E-state index in [9.17, 15) is 4.79 Å². The van der Waals surface area contributed by atoms with Crippen LogP contribution in [0.15, 0.2) is 24.3 Å². The van der Waals surface area contributed by atoms with Gasteiger partial charge in [0, 0.05) is 32.1 Å². The van der Waals surface area contributed by atoms with Crippen LogP contribution in [-0.4, -0.2) is 30.4 Å². The molecule has 0 saturated carbocycles. The molecule has 1 fully saturated rings. The number of likely N-dealkylation sites (N-methyl/N-ethyl adjacent to an activating group) is 1. The number of aryl methyl sites for hydroxylation is 1. The number of benzene rings is 1. The van der Waals surface area contributed by atoms with Crippen LogP contribution < -0.4 is 5.32 Å². The van der Waals surface area contributed by atoms with Gasteiger partial charge in [0.2, 0.25) is 5.91 Å². The van der Waals surface area contributed by atoms with E-state index in [1.54, 1.807) is 0 Å². The van der Waals surface area contributed by atoms with E-state index in [0.29, 0.717) is 18.5 Å². The van der Waals surface area contributed by atoms with Crippen molar-refractivity contribution < 1.29 is 4.79 Å². The molecule has 2 unspecified atom stereocenters. The highest BCUT2D eigenvalue weighted by molar-refractivity contribution is 5.76. The molecule has 18 heavy (non-hydrogen) atoms. The van der Waals surface area contributed by atoms with Crippen LogP contribution in [0.3, 0.4) is 0 Å². The van der Waals surface area contributed by atoms with E-state index in [-0.39, 0.29) is 5.91 Å². The molecule has 0 radical (unpaired) electrons. The second-order valence-corrected chi connectivity index (χ2v) is 5.47. The largest absolute Gasteiger partial charge is 0.344 e. The molecular weight excluding hydrogens is 224 g/mol. The zero-order valence-corrected chi connectivity index (χ0v) is 10.9.